The Bertz CT molecular complexity index is 7340. The van der Waals surface area contributed by atoms with E-state index in [4.69, 9.17) is 19.7 Å². The zero-order valence-electron chi connectivity index (χ0n) is 78.3. The molecule has 13 nitrogen and oxygen atoms in total. The zero-order chi connectivity index (χ0) is 94.4. The summed E-state index contributed by atoms with van der Waals surface area (Å²) in [6, 6.07) is 141. The number of anilines is 9. The molecule has 17 aromatic carbocycles. The number of nitrogens with zero attached hydrogens (tertiary/aromatic N) is 8. The minimum absolute atomic E-state index is 0.00816. The molecule has 0 unspecified atom stereocenters. The first-order valence-electron chi connectivity index (χ1n) is 46.0. The number of benzene rings is 17. The Hall–Kier alpha value is -15.6. The van der Waals surface area contributed by atoms with E-state index in [0.29, 0.717) is 17.5 Å². The Balaban J connectivity index is 0.000000134. The van der Waals surface area contributed by atoms with Crippen LogP contribution in [0.25, 0.3) is 89.2 Å². The van der Waals surface area contributed by atoms with Crippen molar-refractivity contribution in [2.24, 2.45) is 0 Å². The van der Waals surface area contributed by atoms with E-state index >= 15 is 0 Å². The predicted molar refractivity (Wildman–Crippen MR) is 560 cm³/mol. The summed E-state index contributed by atoms with van der Waals surface area (Å²) in [6.07, 6.45) is 0. The Morgan fingerprint density at radius 1 is 0.235 bits per heavy atom. The van der Waals surface area contributed by atoms with Gasteiger partial charge in [0.2, 0.25) is 19.7 Å². The van der Waals surface area contributed by atoms with Crippen molar-refractivity contribution in [3.63, 3.8) is 0 Å². The van der Waals surface area contributed by atoms with Crippen LogP contribution in [0, 0.1) is 0 Å². The Kier molecular flexibility index (Phi) is 24.0. The highest BCUT2D eigenvalue weighted by Crippen LogP contribution is 2.51. The maximum Gasteiger partial charge on any atom is 0.206 e. The normalized spacial score (nSPS) is 12.3. The standard InChI is InChI=1S/C52H56N2O2S.C36H28N2O2S.C33H22N4O/c1-49(2,3)33-13-25-45-41(29-33)42-30-34(50(4,5)6)14-26-46(42)53(45)37-17-21-39(22-18-37)57(55,56)40-23-19-38(20-24-40)54-47-27-15-35(51(7,8)9)31-43(47)44-32-36(52(10,11)12)16-28-48(44)54;39-41(40,35-25-21-33(22-26-35)37(29-13-5-1-6-14-29)30-15-7-2-8-16-30)36-27-23-34(24-28-36)38(31-17-9-3-10-18-31)32-19-11-4-12-20-32;1-3-11-23(12-4-1)31-34-32(24-13-5-2-6-14-24)36-33(35-31)25-19-21-26(22-20-25)37-27-15-7-9-17-29(27)38-30-18-10-8-16-28(30)37/h13-32H,1-12H3;1-28H;1-22H. The summed E-state index contributed by atoms with van der Waals surface area (Å²) in [5.41, 5.74) is 23.0. The number of ether oxygens (including phenoxy) is 1. The predicted octanol–water partition coefficient (Wildman–Crippen LogP) is 31.8. The lowest BCUT2D eigenvalue weighted by Gasteiger charge is -2.32. The fraction of sp³-hybridized carbons (Fsp3) is 0.132. The van der Waals surface area contributed by atoms with Crippen molar-refractivity contribution in [3.05, 3.63) is 447 Å². The maximum atomic E-state index is 14.2. The second-order valence-electron chi connectivity index (χ2n) is 38.6. The van der Waals surface area contributed by atoms with Crippen molar-refractivity contribution >= 4 is 114 Å². The monoisotopic (exact) mass is 1810 g/mol. The molecule has 3 aromatic heterocycles. The van der Waals surface area contributed by atoms with Crippen LogP contribution in [0.1, 0.15) is 105 Å². The Morgan fingerprint density at radius 3 is 0.735 bits per heavy atom. The van der Waals surface area contributed by atoms with Gasteiger partial charge in [-0.15, -0.1) is 0 Å². The van der Waals surface area contributed by atoms with E-state index in [0.717, 1.165) is 113 Å². The molecule has 21 rings (SSSR count). The first-order valence-corrected chi connectivity index (χ1v) is 49.0. The second kappa shape index (κ2) is 36.4. The molecule has 20 aromatic rings. The number of aromatic nitrogens is 5. The molecule has 1 aliphatic rings. The van der Waals surface area contributed by atoms with Gasteiger partial charge in [-0.2, -0.15) is 0 Å². The minimum atomic E-state index is -3.79. The van der Waals surface area contributed by atoms with Crippen LogP contribution in [0.4, 0.5) is 51.2 Å². The van der Waals surface area contributed by atoms with Crippen LogP contribution < -0.4 is 19.4 Å². The van der Waals surface area contributed by atoms with E-state index in [1.54, 1.807) is 48.5 Å². The molecule has 0 spiro atoms. The summed E-state index contributed by atoms with van der Waals surface area (Å²) in [7, 11) is -7.51. The molecule has 0 saturated carbocycles. The van der Waals surface area contributed by atoms with Gasteiger partial charge in [-0.1, -0.05) is 265 Å². The van der Waals surface area contributed by atoms with Gasteiger partial charge in [0.15, 0.2) is 29.0 Å². The molecule has 0 amide bonds. The molecular formula is C121H106N8O5S2. The van der Waals surface area contributed by atoms with Crippen molar-refractivity contribution < 1.29 is 21.6 Å². The molecule has 0 aliphatic carbocycles. The quantitative estimate of drug-likeness (QED) is 0.0914. The topological polar surface area (TPSA) is 136 Å². The van der Waals surface area contributed by atoms with Crippen LogP contribution in [0.3, 0.4) is 0 Å². The van der Waals surface area contributed by atoms with Gasteiger partial charge in [-0.25, -0.2) is 31.8 Å². The van der Waals surface area contributed by atoms with Gasteiger partial charge in [0.25, 0.3) is 0 Å². The minimum Gasteiger partial charge on any atom is -0.453 e. The number of hydrogen-bond donors (Lipinski definition) is 0. The van der Waals surface area contributed by atoms with Crippen molar-refractivity contribution in [2.75, 3.05) is 14.7 Å². The van der Waals surface area contributed by atoms with Gasteiger partial charge in [-0.3, -0.25) is 0 Å². The first-order chi connectivity index (χ1) is 65.5. The van der Waals surface area contributed by atoms with Crippen molar-refractivity contribution in [1.29, 1.82) is 0 Å². The van der Waals surface area contributed by atoms with E-state index in [-0.39, 0.29) is 41.2 Å². The summed E-state index contributed by atoms with van der Waals surface area (Å²) in [5, 5.41) is 4.81. The van der Waals surface area contributed by atoms with E-state index in [2.05, 4.69) is 216 Å². The summed E-state index contributed by atoms with van der Waals surface area (Å²) < 4.78 is 66.4. The van der Waals surface area contributed by atoms with Crippen LogP contribution in [0.2, 0.25) is 0 Å². The lowest BCUT2D eigenvalue weighted by atomic mass is 9.85. The van der Waals surface area contributed by atoms with Gasteiger partial charge >= 0.3 is 0 Å². The average molecular weight is 1820 g/mol. The molecule has 0 saturated heterocycles. The molecule has 0 fully saturated rings. The number of rotatable bonds is 16. The molecule has 672 valence electrons. The van der Waals surface area contributed by atoms with Gasteiger partial charge < -0.3 is 28.6 Å². The highest BCUT2D eigenvalue weighted by molar-refractivity contribution is 7.91. The summed E-state index contributed by atoms with van der Waals surface area (Å²) in [6.45, 7) is 26.9. The van der Waals surface area contributed by atoms with Crippen LogP contribution in [-0.4, -0.2) is 40.9 Å². The summed E-state index contributed by atoms with van der Waals surface area (Å²) in [5.74, 6) is 3.58. The fourth-order valence-electron chi connectivity index (χ4n) is 17.7. The van der Waals surface area contributed by atoms with E-state index in [9.17, 15) is 16.8 Å². The third-order valence-electron chi connectivity index (χ3n) is 25.2. The van der Waals surface area contributed by atoms with Crippen LogP contribution in [0.15, 0.2) is 444 Å². The largest absolute Gasteiger partial charge is 0.453 e. The number of para-hydroxylation sites is 8. The number of hydrogen-bond acceptors (Lipinski definition) is 11. The molecule has 4 heterocycles. The number of fused-ring (bicyclic) bond motifs is 8. The fourth-order valence-corrected chi connectivity index (χ4v) is 20.2. The SMILES string of the molecule is CC(C)(C)c1ccc2c(c1)c1cc(C(C)(C)C)ccc1n2-c1ccc(S(=O)(=O)c2ccc(-n3c4ccc(C(C)(C)C)cc4c4cc(C(C)(C)C)ccc43)cc2)cc1.O=S(=O)(c1ccc(N(c2ccccc2)c2ccccc2)cc1)c1ccc(N(c2ccccc2)c2ccccc2)cc1.c1ccc(-c2nc(-c3ccccc3)nc(-c3ccc(N4c5ccccc5Oc5ccccc54)cc3)n2)cc1. The Morgan fingerprint density at radius 2 is 0.463 bits per heavy atom. The third kappa shape index (κ3) is 18.1. The highest BCUT2D eigenvalue weighted by Gasteiger charge is 2.30. The smallest absolute Gasteiger partial charge is 0.206 e. The van der Waals surface area contributed by atoms with Crippen LogP contribution in [-0.2, 0) is 41.3 Å². The summed E-state index contributed by atoms with van der Waals surface area (Å²) >= 11 is 0. The van der Waals surface area contributed by atoms with Gasteiger partial charge in [0.1, 0.15) is 0 Å². The summed E-state index contributed by atoms with van der Waals surface area (Å²) in [4.78, 5) is 22.0. The van der Waals surface area contributed by atoms with E-state index < -0.39 is 19.7 Å². The maximum absolute atomic E-state index is 14.2. The van der Waals surface area contributed by atoms with E-state index in [1.165, 1.54) is 43.8 Å². The molecule has 136 heavy (non-hydrogen) atoms. The molecule has 15 heteroatoms. The zero-order valence-corrected chi connectivity index (χ0v) is 80.0. The van der Waals surface area contributed by atoms with E-state index in [1.807, 2.05) is 267 Å². The molecule has 0 N–H and O–H groups in total. The van der Waals surface area contributed by atoms with Crippen LogP contribution >= 0.6 is 0 Å². The van der Waals surface area contributed by atoms with Crippen LogP contribution in [0.5, 0.6) is 11.5 Å². The number of sulfone groups is 2. The molecule has 0 bridgehead atoms. The van der Waals surface area contributed by atoms with Gasteiger partial charge in [0, 0.05) is 89.4 Å². The van der Waals surface area contributed by atoms with Crippen molar-refractivity contribution in [1.82, 2.24) is 24.1 Å². The third-order valence-corrected chi connectivity index (χ3v) is 28.8. The molecular weight excluding hydrogens is 1710 g/mol. The molecule has 1 aliphatic heterocycles. The van der Waals surface area contributed by atoms with Gasteiger partial charge in [-0.05, 0) is 287 Å². The first kappa shape index (κ1) is 89.7. The lowest BCUT2D eigenvalue weighted by Crippen LogP contribution is -2.15. The molecule has 0 radical (unpaired) electrons. The second-order valence-corrected chi connectivity index (χ2v) is 42.5. The Labute approximate surface area is 797 Å². The lowest BCUT2D eigenvalue weighted by molar-refractivity contribution is 0.477. The molecule has 0 atom stereocenters. The van der Waals surface area contributed by atoms with Crippen molar-refractivity contribution in [2.45, 2.75) is 124 Å². The average Bonchev–Trinajstić information content (AvgIpc) is 1.66. The highest BCUT2D eigenvalue weighted by atomic mass is 32.2. The van der Waals surface area contributed by atoms with Gasteiger partial charge in [0.05, 0.1) is 53.0 Å². The van der Waals surface area contributed by atoms with Crippen molar-refractivity contribution in [3.8, 4) is 57.0 Å².